The quantitative estimate of drug-likeness (QED) is 0.600. The third-order valence-corrected chi connectivity index (χ3v) is 5.76. The molecule has 1 aliphatic heterocycles. The van der Waals surface area contributed by atoms with Crippen LogP contribution in [0.4, 0.5) is 10.5 Å². The number of urea groups is 1. The van der Waals surface area contributed by atoms with E-state index in [1.54, 1.807) is 34.1 Å². The van der Waals surface area contributed by atoms with E-state index in [9.17, 15) is 9.59 Å². The molecule has 1 fully saturated rings. The molecule has 0 saturated carbocycles. The topological polar surface area (TPSA) is 91.6 Å². The van der Waals surface area contributed by atoms with Crippen LogP contribution in [0.1, 0.15) is 24.3 Å². The Kier molecular flexibility index (Phi) is 7.24. The molecule has 33 heavy (non-hydrogen) atoms. The highest BCUT2D eigenvalue weighted by atomic mass is 35.5. The van der Waals surface area contributed by atoms with Crippen molar-refractivity contribution in [1.82, 2.24) is 20.0 Å². The van der Waals surface area contributed by atoms with Gasteiger partial charge in [0.2, 0.25) is 17.7 Å². The van der Waals surface area contributed by atoms with Crippen molar-refractivity contribution in [3.05, 3.63) is 65.0 Å². The summed E-state index contributed by atoms with van der Waals surface area (Å²) < 4.78 is 5.72. The van der Waals surface area contributed by atoms with E-state index in [0.29, 0.717) is 61.5 Å². The summed E-state index contributed by atoms with van der Waals surface area (Å²) >= 11 is 5.98. The van der Waals surface area contributed by atoms with Gasteiger partial charge in [-0.2, -0.15) is 0 Å². The summed E-state index contributed by atoms with van der Waals surface area (Å²) in [5, 5.41) is 11.6. The average molecular weight is 468 g/mol. The number of hydrogen-bond acceptors (Lipinski definition) is 5. The number of hydrogen-bond donors (Lipinski definition) is 1. The van der Waals surface area contributed by atoms with Gasteiger partial charge in [-0.3, -0.25) is 4.79 Å². The number of nitrogens with one attached hydrogen (secondary N) is 1. The normalized spacial score (nSPS) is 14.1. The van der Waals surface area contributed by atoms with Crippen LogP contribution in [-0.2, 0) is 11.2 Å². The molecule has 2 aromatic carbocycles. The molecule has 4 rings (SSSR count). The van der Waals surface area contributed by atoms with Gasteiger partial charge in [0.05, 0.1) is 0 Å². The van der Waals surface area contributed by atoms with Gasteiger partial charge in [0.25, 0.3) is 0 Å². The fraction of sp³-hybridized carbons (Fsp3) is 0.333. The molecule has 2 heterocycles. The number of halogens is 1. The van der Waals surface area contributed by atoms with Gasteiger partial charge in [-0.25, -0.2) is 4.79 Å². The zero-order valence-electron chi connectivity index (χ0n) is 18.5. The number of carbonyl (C=O) groups is 2. The Morgan fingerprint density at radius 2 is 1.79 bits per heavy atom. The van der Waals surface area contributed by atoms with Crippen LogP contribution in [0.25, 0.3) is 11.5 Å². The minimum Gasteiger partial charge on any atom is -0.421 e. The highest BCUT2D eigenvalue weighted by Gasteiger charge is 2.22. The van der Waals surface area contributed by atoms with Crippen LogP contribution in [0.2, 0.25) is 5.02 Å². The molecule has 1 saturated heterocycles. The second-order valence-electron chi connectivity index (χ2n) is 8.03. The van der Waals surface area contributed by atoms with Gasteiger partial charge in [0.15, 0.2) is 0 Å². The molecule has 0 unspecified atom stereocenters. The van der Waals surface area contributed by atoms with E-state index in [1.807, 2.05) is 31.2 Å². The smallest absolute Gasteiger partial charge is 0.321 e. The van der Waals surface area contributed by atoms with E-state index in [-0.39, 0.29) is 18.4 Å². The van der Waals surface area contributed by atoms with Crippen LogP contribution >= 0.6 is 11.6 Å². The lowest BCUT2D eigenvalue weighted by Crippen LogP contribution is -2.39. The fourth-order valence-electron chi connectivity index (χ4n) is 3.68. The summed E-state index contributed by atoms with van der Waals surface area (Å²) in [6.45, 7) is 4.16. The van der Waals surface area contributed by atoms with Crippen LogP contribution in [0, 0.1) is 6.92 Å². The maximum atomic E-state index is 12.7. The van der Waals surface area contributed by atoms with Crippen molar-refractivity contribution in [1.29, 1.82) is 0 Å². The first-order chi connectivity index (χ1) is 16.0. The van der Waals surface area contributed by atoms with E-state index in [0.717, 1.165) is 11.1 Å². The largest absolute Gasteiger partial charge is 0.421 e. The first-order valence-electron chi connectivity index (χ1n) is 11.0. The van der Waals surface area contributed by atoms with E-state index >= 15 is 0 Å². The molecule has 3 amide bonds. The molecule has 0 spiro atoms. The third-order valence-electron chi connectivity index (χ3n) is 5.53. The molecular weight excluding hydrogens is 442 g/mol. The molecule has 9 heteroatoms. The molecule has 8 nitrogen and oxygen atoms in total. The van der Waals surface area contributed by atoms with Crippen molar-refractivity contribution < 1.29 is 14.0 Å². The zero-order chi connectivity index (χ0) is 23.2. The van der Waals surface area contributed by atoms with Crippen molar-refractivity contribution in [2.24, 2.45) is 0 Å². The molecule has 1 N–H and O–H groups in total. The predicted molar refractivity (Wildman–Crippen MR) is 126 cm³/mol. The number of anilines is 1. The Morgan fingerprint density at radius 3 is 2.58 bits per heavy atom. The SMILES string of the molecule is Cc1ccc(-c2nnc(CCC(=O)N3CCCN(C(=O)Nc4cccc(Cl)c4)CC3)o2)cc1. The molecule has 0 atom stereocenters. The summed E-state index contributed by atoms with van der Waals surface area (Å²) in [4.78, 5) is 28.9. The Morgan fingerprint density at radius 1 is 1.03 bits per heavy atom. The van der Waals surface area contributed by atoms with Gasteiger partial charge in [0, 0.05) is 55.3 Å². The van der Waals surface area contributed by atoms with Crippen LogP contribution in [0.3, 0.4) is 0 Å². The number of nitrogens with zero attached hydrogens (tertiary/aromatic N) is 4. The van der Waals surface area contributed by atoms with Gasteiger partial charge < -0.3 is 19.5 Å². The minimum atomic E-state index is -0.193. The highest BCUT2D eigenvalue weighted by Crippen LogP contribution is 2.19. The maximum absolute atomic E-state index is 12.7. The van der Waals surface area contributed by atoms with Crippen LogP contribution < -0.4 is 5.32 Å². The van der Waals surface area contributed by atoms with E-state index in [2.05, 4.69) is 15.5 Å². The van der Waals surface area contributed by atoms with E-state index < -0.39 is 0 Å². The summed E-state index contributed by atoms with van der Waals surface area (Å²) in [7, 11) is 0. The highest BCUT2D eigenvalue weighted by molar-refractivity contribution is 6.30. The zero-order valence-corrected chi connectivity index (χ0v) is 19.2. The standard InChI is InChI=1S/C24H26ClN5O3/c1-17-6-8-18(9-7-17)23-28-27-21(33-23)10-11-22(31)29-12-3-13-30(15-14-29)24(32)26-20-5-2-4-19(25)16-20/h2,4-9,16H,3,10-15H2,1H3,(H,26,32). The summed E-state index contributed by atoms with van der Waals surface area (Å²) in [6, 6.07) is 14.7. The van der Waals surface area contributed by atoms with Crippen LogP contribution in [-0.4, -0.2) is 58.1 Å². The second kappa shape index (κ2) is 10.5. The first kappa shape index (κ1) is 22.8. The Hall–Kier alpha value is -3.39. The van der Waals surface area contributed by atoms with E-state index in [1.165, 1.54) is 0 Å². The molecule has 0 bridgehead atoms. The van der Waals surface area contributed by atoms with Crippen molar-refractivity contribution in [3.63, 3.8) is 0 Å². The molecular formula is C24H26ClN5O3. The van der Waals surface area contributed by atoms with Gasteiger partial charge in [-0.15, -0.1) is 10.2 Å². The predicted octanol–water partition coefficient (Wildman–Crippen LogP) is 4.40. The third kappa shape index (κ3) is 6.10. The fourth-order valence-corrected chi connectivity index (χ4v) is 3.87. The molecule has 0 radical (unpaired) electrons. The lowest BCUT2D eigenvalue weighted by molar-refractivity contribution is -0.131. The van der Waals surface area contributed by atoms with E-state index in [4.69, 9.17) is 16.0 Å². The monoisotopic (exact) mass is 467 g/mol. The average Bonchev–Trinajstić information content (AvgIpc) is 3.13. The Bertz CT molecular complexity index is 1120. The lowest BCUT2D eigenvalue weighted by Gasteiger charge is -2.22. The summed E-state index contributed by atoms with van der Waals surface area (Å²) in [6.07, 6.45) is 1.38. The van der Waals surface area contributed by atoms with Crippen molar-refractivity contribution >= 4 is 29.2 Å². The van der Waals surface area contributed by atoms with Crippen LogP contribution in [0.15, 0.2) is 52.9 Å². The van der Waals surface area contributed by atoms with Crippen molar-refractivity contribution in [3.8, 4) is 11.5 Å². The van der Waals surface area contributed by atoms with Crippen molar-refractivity contribution in [2.75, 3.05) is 31.5 Å². The lowest BCUT2D eigenvalue weighted by atomic mass is 10.1. The number of carbonyl (C=O) groups excluding carboxylic acids is 2. The number of aryl methyl sites for hydroxylation is 2. The number of amides is 3. The molecule has 3 aromatic rings. The molecule has 172 valence electrons. The molecule has 0 aliphatic carbocycles. The maximum Gasteiger partial charge on any atom is 0.321 e. The van der Waals surface area contributed by atoms with Gasteiger partial charge in [0.1, 0.15) is 0 Å². The van der Waals surface area contributed by atoms with Crippen LogP contribution in [0.5, 0.6) is 0 Å². The summed E-state index contributed by atoms with van der Waals surface area (Å²) in [5.41, 5.74) is 2.66. The van der Waals surface area contributed by atoms with Gasteiger partial charge >= 0.3 is 6.03 Å². The minimum absolute atomic E-state index is 0.0159. The van der Waals surface area contributed by atoms with Crippen molar-refractivity contribution in [2.45, 2.75) is 26.2 Å². The molecule has 1 aromatic heterocycles. The second-order valence-corrected chi connectivity index (χ2v) is 8.47. The first-order valence-corrected chi connectivity index (χ1v) is 11.3. The number of aromatic nitrogens is 2. The Balaban J connectivity index is 1.26. The van der Waals surface area contributed by atoms with Gasteiger partial charge in [-0.05, 0) is 43.7 Å². The van der Waals surface area contributed by atoms with Gasteiger partial charge in [-0.1, -0.05) is 35.4 Å². The summed E-state index contributed by atoms with van der Waals surface area (Å²) in [5.74, 6) is 0.909. The Labute approximate surface area is 197 Å². The number of rotatable bonds is 5. The number of benzene rings is 2. The molecule has 1 aliphatic rings.